The van der Waals surface area contributed by atoms with Crippen molar-refractivity contribution < 1.29 is 28.2 Å². The number of aryl methyl sites for hydroxylation is 1. The molecule has 2 aliphatic rings. The number of halogens is 1. The topological polar surface area (TPSA) is 77.1 Å². The Bertz CT molecular complexity index is 1280. The maximum absolute atomic E-state index is 14.1. The third-order valence-corrected chi connectivity index (χ3v) is 6.46. The number of anilines is 2. The molecule has 2 atom stereocenters. The van der Waals surface area contributed by atoms with Gasteiger partial charge < -0.3 is 24.4 Å². The van der Waals surface area contributed by atoms with E-state index in [2.05, 4.69) is 5.32 Å². The van der Waals surface area contributed by atoms with Crippen molar-refractivity contribution in [3.8, 4) is 17.2 Å². The van der Waals surface area contributed by atoms with E-state index in [1.54, 1.807) is 61.4 Å². The summed E-state index contributed by atoms with van der Waals surface area (Å²) in [5.74, 6) is 0.468. The second-order valence-electron chi connectivity index (χ2n) is 8.62. The molecular formula is C29H31FN2O5. The van der Waals surface area contributed by atoms with E-state index in [9.17, 15) is 14.0 Å². The number of hydrogen-bond donors (Lipinski definition) is 1. The number of rotatable bonds is 5. The van der Waals surface area contributed by atoms with Crippen LogP contribution in [-0.4, -0.2) is 25.7 Å². The Hall–Kier alpha value is -4.07. The smallest absolute Gasteiger partial charge is 0.231 e. The van der Waals surface area contributed by atoms with E-state index in [1.807, 2.05) is 26.0 Å². The van der Waals surface area contributed by atoms with Gasteiger partial charge in [-0.1, -0.05) is 32.0 Å². The lowest BCUT2D eigenvalue weighted by molar-refractivity contribution is -0.125. The van der Waals surface area contributed by atoms with Crippen LogP contribution in [0.2, 0.25) is 0 Å². The highest BCUT2D eigenvalue weighted by Gasteiger charge is 2.42. The van der Waals surface area contributed by atoms with E-state index in [4.69, 9.17) is 14.2 Å². The average Bonchev–Trinajstić information content (AvgIpc) is 3.40. The zero-order chi connectivity index (χ0) is 26.5. The van der Waals surface area contributed by atoms with Gasteiger partial charge in [-0.2, -0.15) is 0 Å². The molecule has 194 valence electrons. The van der Waals surface area contributed by atoms with Crippen LogP contribution >= 0.6 is 0 Å². The summed E-state index contributed by atoms with van der Waals surface area (Å²) in [6, 6.07) is 16.6. The van der Waals surface area contributed by atoms with Gasteiger partial charge in [0, 0.05) is 23.9 Å². The van der Waals surface area contributed by atoms with Crippen LogP contribution in [0.1, 0.15) is 43.9 Å². The molecule has 1 saturated heterocycles. The first-order valence-electron chi connectivity index (χ1n) is 12.4. The van der Waals surface area contributed by atoms with E-state index in [0.29, 0.717) is 40.6 Å². The maximum Gasteiger partial charge on any atom is 0.231 e. The second-order valence-corrected chi connectivity index (χ2v) is 8.62. The minimum atomic E-state index is -0.585. The van der Waals surface area contributed by atoms with E-state index >= 15 is 0 Å². The van der Waals surface area contributed by atoms with Crippen molar-refractivity contribution >= 4 is 23.2 Å². The molecule has 2 unspecified atom stereocenters. The number of fused-ring (bicyclic) bond motifs is 1. The van der Waals surface area contributed by atoms with Crippen LogP contribution in [0, 0.1) is 18.7 Å². The minimum absolute atomic E-state index is 0.102. The fourth-order valence-electron chi connectivity index (χ4n) is 4.59. The van der Waals surface area contributed by atoms with Crippen molar-refractivity contribution in [1.29, 1.82) is 0 Å². The zero-order valence-corrected chi connectivity index (χ0v) is 21.4. The Balaban J connectivity index is 0.00000156. The molecule has 0 saturated carbocycles. The molecule has 0 radical (unpaired) electrons. The van der Waals surface area contributed by atoms with E-state index in [-0.39, 0.29) is 25.0 Å². The molecule has 3 aromatic carbocycles. The van der Waals surface area contributed by atoms with Gasteiger partial charge in [-0.3, -0.25) is 9.59 Å². The Morgan fingerprint density at radius 1 is 1.03 bits per heavy atom. The van der Waals surface area contributed by atoms with Crippen LogP contribution in [-0.2, 0) is 9.59 Å². The third kappa shape index (κ3) is 5.38. The van der Waals surface area contributed by atoms with Crippen molar-refractivity contribution in [2.75, 3.05) is 24.1 Å². The summed E-state index contributed by atoms with van der Waals surface area (Å²) < 4.78 is 30.3. The minimum Gasteiger partial charge on any atom is -0.497 e. The van der Waals surface area contributed by atoms with Gasteiger partial charge in [0.05, 0.1) is 19.1 Å². The first-order valence-corrected chi connectivity index (χ1v) is 12.4. The van der Waals surface area contributed by atoms with Crippen molar-refractivity contribution in [3.05, 3.63) is 77.6 Å². The number of hydrogen-bond acceptors (Lipinski definition) is 5. The molecule has 7 nitrogen and oxygen atoms in total. The van der Waals surface area contributed by atoms with Gasteiger partial charge in [0.25, 0.3) is 0 Å². The monoisotopic (exact) mass is 506 g/mol. The Morgan fingerprint density at radius 3 is 2.46 bits per heavy atom. The fourth-order valence-corrected chi connectivity index (χ4v) is 4.59. The van der Waals surface area contributed by atoms with Crippen molar-refractivity contribution in [2.45, 2.75) is 39.7 Å². The molecule has 2 aliphatic heterocycles. The molecule has 37 heavy (non-hydrogen) atoms. The molecule has 2 heterocycles. The number of nitrogens with zero attached hydrogens (tertiary/aromatic N) is 1. The van der Waals surface area contributed by atoms with Crippen molar-refractivity contribution in [2.24, 2.45) is 5.92 Å². The number of carbonyl (C=O) groups is 2. The number of amides is 2. The first kappa shape index (κ1) is 26.0. The summed E-state index contributed by atoms with van der Waals surface area (Å²) >= 11 is 0. The zero-order valence-electron chi connectivity index (χ0n) is 21.4. The van der Waals surface area contributed by atoms with Gasteiger partial charge in [0.1, 0.15) is 11.6 Å². The normalized spacial score (nSPS) is 18.1. The van der Waals surface area contributed by atoms with Gasteiger partial charge in [0.15, 0.2) is 11.5 Å². The highest BCUT2D eigenvalue weighted by atomic mass is 19.1. The lowest BCUT2D eigenvalue weighted by atomic mass is 9.83. The van der Waals surface area contributed by atoms with Gasteiger partial charge in [0.2, 0.25) is 18.6 Å². The van der Waals surface area contributed by atoms with Crippen LogP contribution in [0.25, 0.3) is 0 Å². The number of benzene rings is 3. The lowest BCUT2D eigenvalue weighted by Crippen LogP contribution is -2.47. The molecule has 5 rings (SSSR count). The Kier molecular flexibility index (Phi) is 7.96. The molecule has 0 aromatic heterocycles. The number of piperidine rings is 1. The molecule has 1 fully saturated rings. The number of ether oxygens (including phenoxy) is 3. The van der Waals surface area contributed by atoms with Gasteiger partial charge in [-0.25, -0.2) is 4.39 Å². The first-order chi connectivity index (χ1) is 17.9. The van der Waals surface area contributed by atoms with Crippen LogP contribution in [0.3, 0.4) is 0 Å². The lowest BCUT2D eigenvalue weighted by Gasteiger charge is -2.41. The van der Waals surface area contributed by atoms with E-state index in [1.165, 1.54) is 6.07 Å². The SMILES string of the molecule is CC.COc1ccc(C2C(C(=O)Nc3ccc(C)c(F)c3)CCC(=O)N2c2ccc3c(c2)OCO3)cc1. The van der Waals surface area contributed by atoms with Gasteiger partial charge >= 0.3 is 0 Å². The Morgan fingerprint density at radius 2 is 1.76 bits per heavy atom. The number of methoxy groups -OCH3 is 1. The summed E-state index contributed by atoms with van der Waals surface area (Å²) in [6.45, 7) is 5.78. The summed E-state index contributed by atoms with van der Waals surface area (Å²) in [5, 5.41) is 2.84. The molecule has 0 spiro atoms. The highest BCUT2D eigenvalue weighted by molar-refractivity contribution is 6.00. The molecule has 8 heteroatoms. The summed E-state index contributed by atoms with van der Waals surface area (Å²) in [5.41, 5.74) is 2.26. The molecule has 1 N–H and O–H groups in total. The number of carbonyl (C=O) groups excluding carboxylic acids is 2. The molecular weight excluding hydrogens is 475 g/mol. The summed E-state index contributed by atoms with van der Waals surface area (Å²) in [4.78, 5) is 28.4. The molecule has 0 aliphatic carbocycles. The highest BCUT2D eigenvalue weighted by Crippen LogP contribution is 2.44. The fraction of sp³-hybridized carbons (Fsp3) is 0.310. The molecule has 3 aromatic rings. The maximum atomic E-state index is 14.1. The average molecular weight is 507 g/mol. The van der Waals surface area contributed by atoms with Crippen LogP contribution < -0.4 is 24.4 Å². The standard InChI is InChI=1S/C27H25FN2O5.C2H6/c1-16-3-6-18(13-22(16)28)29-27(32)21-10-12-25(31)30(19-7-11-23-24(14-19)35-15-34-23)26(21)17-4-8-20(33-2)9-5-17;1-2/h3-9,11,13-14,21,26H,10,12,15H2,1-2H3,(H,29,32);1-2H3. The predicted octanol–water partition coefficient (Wildman–Crippen LogP) is 6.02. The van der Waals surface area contributed by atoms with Gasteiger partial charge in [-0.15, -0.1) is 0 Å². The quantitative estimate of drug-likeness (QED) is 0.458. The number of nitrogens with one attached hydrogen (secondary N) is 1. The largest absolute Gasteiger partial charge is 0.497 e. The van der Waals surface area contributed by atoms with E-state index < -0.39 is 17.8 Å². The van der Waals surface area contributed by atoms with Crippen molar-refractivity contribution in [3.63, 3.8) is 0 Å². The molecule has 2 amide bonds. The summed E-state index contributed by atoms with van der Waals surface area (Å²) in [7, 11) is 1.58. The van der Waals surface area contributed by atoms with Crippen LogP contribution in [0.15, 0.2) is 60.7 Å². The molecule has 0 bridgehead atoms. The second kappa shape index (κ2) is 11.3. The van der Waals surface area contributed by atoms with Crippen LogP contribution in [0.4, 0.5) is 15.8 Å². The predicted molar refractivity (Wildman–Crippen MR) is 140 cm³/mol. The third-order valence-electron chi connectivity index (χ3n) is 6.46. The van der Waals surface area contributed by atoms with Crippen molar-refractivity contribution in [1.82, 2.24) is 0 Å². The van der Waals surface area contributed by atoms with E-state index in [0.717, 1.165) is 5.56 Å². The van der Waals surface area contributed by atoms with Gasteiger partial charge in [-0.05, 0) is 60.9 Å². The van der Waals surface area contributed by atoms with Crippen LogP contribution in [0.5, 0.6) is 17.2 Å². The summed E-state index contributed by atoms with van der Waals surface area (Å²) in [6.07, 6.45) is 0.554. The Labute approximate surface area is 216 Å².